The van der Waals surface area contributed by atoms with Gasteiger partial charge in [-0.2, -0.15) is 11.8 Å². The maximum absolute atomic E-state index is 10.9. The van der Waals surface area contributed by atoms with Gasteiger partial charge in [0.1, 0.15) is 11.3 Å². The maximum Gasteiger partial charge on any atom is 0.339 e. The number of aromatic carboxylic acids is 1. The van der Waals surface area contributed by atoms with Crippen LogP contribution in [0.15, 0.2) is 16.7 Å². The topological polar surface area (TPSA) is 50.4 Å². The number of carboxylic acid groups (broad SMARTS) is 1. The van der Waals surface area contributed by atoms with Gasteiger partial charge >= 0.3 is 5.97 Å². The van der Waals surface area contributed by atoms with Crippen molar-refractivity contribution >= 4 is 17.7 Å². The normalized spacial score (nSPS) is 10.8. The van der Waals surface area contributed by atoms with Crippen LogP contribution in [-0.2, 0) is 5.75 Å². The zero-order valence-electron chi connectivity index (χ0n) is 11.7. The third kappa shape index (κ3) is 6.71. The molecule has 0 unspecified atom stereocenters. The van der Waals surface area contributed by atoms with Crippen LogP contribution < -0.4 is 0 Å². The van der Waals surface area contributed by atoms with Gasteiger partial charge in [-0.3, -0.25) is 0 Å². The van der Waals surface area contributed by atoms with Gasteiger partial charge in [-0.15, -0.1) is 0 Å². The van der Waals surface area contributed by atoms with Gasteiger partial charge in [-0.25, -0.2) is 4.79 Å². The summed E-state index contributed by atoms with van der Waals surface area (Å²) in [6, 6.07) is 1.52. The Kier molecular flexibility index (Phi) is 8.47. The summed E-state index contributed by atoms with van der Waals surface area (Å²) in [5.74, 6) is 1.42. The number of thioether (sulfide) groups is 1. The quantitative estimate of drug-likeness (QED) is 0.583. The molecule has 0 saturated carbocycles. The first-order valence-corrected chi connectivity index (χ1v) is 8.28. The van der Waals surface area contributed by atoms with Crippen molar-refractivity contribution in [2.45, 2.75) is 57.6 Å². The first-order chi connectivity index (χ1) is 9.25. The molecule has 1 N–H and O–H groups in total. The van der Waals surface area contributed by atoms with E-state index in [4.69, 9.17) is 9.52 Å². The summed E-state index contributed by atoms with van der Waals surface area (Å²) in [4.78, 5) is 10.9. The van der Waals surface area contributed by atoms with Crippen molar-refractivity contribution in [2.75, 3.05) is 5.75 Å². The Morgan fingerprint density at radius 1 is 1.21 bits per heavy atom. The van der Waals surface area contributed by atoms with Crippen LogP contribution in [0.3, 0.4) is 0 Å². The van der Waals surface area contributed by atoms with E-state index in [1.54, 1.807) is 11.8 Å². The molecule has 0 spiro atoms. The average Bonchev–Trinajstić information content (AvgIpc) is 2.85. The lowest BCUT2D eigenvalue weighted by atomic mass is 10.1. The molecular weight excluding hydrogens is 260 g/mol. The van der Waals surface area contributed by atoms with Gasteiger partial charge in [0.15, 0.2) is 0 Å². The Morgan fingerprint density at radius 2 is 1.89 bits per heavy atom. The Bertz CT molecular complexity index is 360. The molecule has 0 aliphatic carbocycles. The number of rotatable bonds is 11. The molecule has 0 aromatic carbocycles. The van der Waals surface area contributed by atoms with Crippen molar-refractivity contribution < 1.29 is 14.3 Å². The number of furan rings is 1. The minimum atomic E-state index is -0.903. The molecular formula is C15H24O3S. The Morgan fingerprint density at radius 3 is 2.58 bits per heavy atom. The molecule has 0 amide bonds. The van der Waals surface area contributed by atoms with Gasteiger partial charge in [0, 0.05) is 0 Å². The number of hydrogen-bond donors (Lipinski definition) is 1. The summed E-state index contributed by atoms with van der Waals surface area (Å²) in [5.41, 5.74) is 0.298. The first-order valence-electron chi connectivity index (χ1n) is 7.13. The molecule has 3 nitrogen and oxygen atoms in total. The van der Waals surface area contributed by atoms with Crippen LogP contribution in [-0.4, -0.2) is 16.8 Å². The van der Waals surface area contributed by atoms with Gasteiger partial charge in [-0.1, -0.05) is 45.4 Å². The minimum Gasteiger partial charge on any atom is -0.478 e. The van der Waals surface area contributed by atoms with Crippen LogP contribution in [0.4, 0.5) is 0 Å². The van der Waals surface area contributed by atoms with Gasteiger partial charge in [0.05, 0.1) is 12.0 Å². The average molecular weight is 284 g/mol. The summed E-state index contributed by atoms with van der Waals surface area (Å²) in [5, 5.41) is 8.93. The van der Waals surface area contributed by atoms with E-state index < -0.39 is 5.97 Å². The van der Waals surface area contributed by atoms with E-state index in [1.807, 2.05) is 0 Å². The predicted molar refractivity (Wildman–Crippen MR) is 79.8 cm³/mol. The zero-order chi connectivity index (χ0) is 13.9. The lowest BCUT2D eigenvalue weighted by molar-refractivity contribution is 0.0695. The van der Waals surface area contributed by atoms with Crippen LogP contribution in [0.2, 0.25) is 0 Å². The molecule has 19 heavy (non-hydrogen) atoms. The van der Waals surface area contributed by atoms with E-state index >= 15 is 0 Å². The fourth-order valence-corrected chi connectivity index (χ4v) is 2.93. The number of carbonyl (C=O) groups is 1. The smallest absolute Gasteiger partial charge is 0.339 e. The lowest BCUT2D eigenvalue weighted by Crippen LogP contribution is -1.97. The largest absolute Gasteiger partial charge is 0.478 e. The molecule has 0 bridgehead atoms. The fraction of sp³-hybridized carbons (Fsp3) is 0.667. The van der Waals surface area contributed by atoms with Crippen molar-refractivity contribution in [1.82, 2.24) is 0 Å². The van der Waals surface area contributed by atoms with Crippen LogP contribution >= 0.6 is 11.8 Å². The van der Waals surface area contributed by atoms with Gasteiger partial charge in [0.2, 0.25) is 0 Å². The second-order valence-electron chi connectivity index (χ2n) is 4.74. The van der Waals surface area contributed by atoms with Crippen molar-refractivity contribution in [3.05, 3.63) is 23.7 Å². The molecule has 1 heterocycles. The summed E-state index contributed by atoms with van der Waals surface area (Å²) in [6.45, 7) is 2.23. The van der Waals surface area contributed by atoms with E-state index in [1.165, 1.54) is 57.3 Å². The van der Waals surface area contributed by atoms with Crippen molar-refractivity contribution in [1.29, 1.82) is 0 Å². The second-order valence-corrected chi connectivity index (χ2v) is 5.84. The summed E-state index contributed by atoms with van der Waals surface area (Å²) in [6.07, 6.45) is 10.6. The van der Waals surface area contributed by atoms with Gasteiger partial charge in [-0.05, 0) is 18.2 Å². The van der Waals surface area contributed by atoms with Crippen molar-refractivity contribution in [3.63, 3.8) is 0 Å². The first kappa shape index (κ1) is 16.2. The van der Waals surface area contributed by atoms with Crippen LogP contribution in [0.5, 0.6) is 0 Å². The monoisotopic (exact) mass is 284 g/mol. The zero-order valence-corrected chi connectivity index (χ0v) is 12.5. The van der Waals surface area contributed by atoms with Gasteiger partial charge < -0.3 is 9.52 Å². The molecule has 0 radical (unpaired) electrons. The molecule has 0 fully saturated rings. The minimum absolute atomic E-state index is 0.298. The van der Waals surface area contributed by atoms with Crippen molar-refractivity contribution in [2.24, 2.45) is 0 Å². The third-order valence-electron chi connectivity index (χ3n) is 3.10. The molecule has 0 aliphatic rings. The van der Waals surface area contributed by atoms with Crippen LogP contribution in [0.25, 0.3) is 0 Å². The number of carboxylic acids is 1. The van der Waals surface area contributed by atoms with E-state index in [-0.39, 0.29) is 0 Å². The fourth-order valence-electron chi connectivity index (χ4n) is 1.97. The summed E-state index contributed by atoms with van der Waals surface area (Å²) in [7, 11) is 0. The molecule has 1 aromatic heterocycles. The Balaban J connectivity index is 2.02. The van der Waals surface area contributed by atoms with Gasteiger partial charge in [0.25, 0.3) is 0 Å². The SMILES string of the molecule is CCCCCCCCCSCc1occc1C(=O)O. The summed E-state index contributed by atoms with van der Waals surface area (Å²) >= 11 is 1.75. The Labute approximate surface area is 119 Å². The number of hydrogen-bond acceptors (Lipinski definition) is 3. The molecule has 0 saturated heterocycles. The van der Waals surface area contributed by atoms with E-state index in [2.05, 4.69) is 6.92 Å². The Hall–Kier alpha value is -0.900. The maximum atomic E-state index is 10.9. The van der Waals surface area contributed by atoms with Crippen LogP contribution in [0, 0.1) is 0 Å². The highest BCUT2D eigenvalue weighted by molar-refractivity contribution is 7.98. The lowest BCUT2D eigenvalue weighted by Gasteiger charge is -2.02. The standard InChI is InChI=1S/C15H24O3S/c1-2-3-4-5-6-7-8-11-19-12-14-13(15(16)17)9-10-18-14/h9-10H,2-8,11-12H2,1H3,(H,16,17). The molecule has 1 aromatic rings. The van der Waals surface area contributed by atoms with Crippen LogP contribution in [0.1, 0.15) is 68.0 Å². The van der Waals surface area contributed by atoms with E-state index in [0.717, 1.165) is 5.75 Å². The third-order valence-corrected chi connectivity index (χ3v) is 4.14. The molecule has 1 rings (SSSR count). The second kappa shape index (κ2) is 9.96. The molecule has 0 atom stereocenters. The highest BCUT2D eigenvalue weighted by atomic mass is 32.2. The van der Waals surface area contributed by atoms with Crippen molar-refractivity contribution in [3.8, 4) is 0 Å². The molecule has 0 aliphatic heterocycles. The highest BCUT2D eigenvalue weighted by Gasteiger charge is 2.12. The molecule has 4 heteroatoms. The van der Waals surface area contributed by atoms with E-state index in [9.17, 15) is 4.79 Å². The summed E-state index contributed by atoms with van der Waals surface area (Å²) < 4.78 is 5.20. The van der Waals surface area contributed by atoms with E-state index in [0.29, 0.717) is 17.1 Å². The highest BCUT2D eigenvalue weighted by Crippen LogP contribution is 2.19. The number of unbranched alkanes of at least 4 members (excludes halogenated alkanes) is 6. The molecule has 108 valence electrons. The predicted octanol–water partition coefficient (Wildman–Crippen LogP) is 4.96.